The molecule has 0 radical (unpaired) electrons. The number of nitrogens with zero attached hydrogens (tertiary/aromatic N) is 6. The Morgan fingerprint density at radius 2 is 1.10 bits per heavy atom. The van der Waals surface area contributed by atoms with Crippen molar-refractivity contribution in [3.63, 3.8) is 0 Å². The smallest absolute Gasteiger partial charge is 0.0232 e. The zero-order valence-electron chi connectivity index (χ0n) is 20.1. The Hall–Kier alpha value is -0.240. The van der Waals surface area contributed by atoms with Crippen LogP contribution in [0, 0.1) is 0 Å². The molecule has 0 aromatic carbocycles. The van der Waals surface area contributed by atoms with E-state index in [0.29, 0.717) is 0 Å². The summed E-state index contributed by atoms with van der Waals surface area (Å²) >= 11 is 0. The third kappa shape index (κ3) is 6.17. The fourth-order valence-corrected chi connectivity index (χ4v) is 6.31. The van der Waals surface area contributed by atoms with Crippen LogP contribution in [0.15, 0.2) is 0 Å². The maximum Gasteiger partial charge on any atom is 0.0232 e. The van der Waals surface area contributed by atoms with Crippen LogP contribution >= 0.6 is 0 Å². The van der Waals surface area contributed by atoms with Crippen LogP contribution in [0.5, 0.6) is 0 Å². The number of likely N-dealkylation sites (N-methyl/N-ethyl adjacent to an activating group) is 3. The van der Waals surface area contributed by atoms with Crippen LogP contribution in [-0.2, 0) is 0 Å². The van der Waals surface area contributed by atoms with E-state index in [1.54, 1.807) is 0 Å². The van der Waals surface area contributed by atoms with E-state index in [4.69, 9.17) is 0 Å². The molecule has 30 heavy (non-hydrogen) atoms. The lowest BCUT2D eigenvalue weighted by atomic mass is 10.00. The molecule has 4 atom stereocenters. The van der Waals surface area contributed by atoms with Gasteiger partial charge in [-0.2, -0.15) is 0 Å². The molecule has 2 bridgehead atoms. The second-order valence-electron chi connectivity index (χ2n) is 10.8. The highest BCUT2D eigenvalue weighted by atomic mass is 15.3. The van der Waals surface area contributed by atoms with Gasteiger partial charge in [-0.3, -0.25) is 9.80 Å². The Morgan fingerprint density at radius 1 is 0.467 bits per heavy atom. The zero-order valence-corrected chi connectivity index (χ0v) is 20.1. The summed E-state index contributed by atoms with van der Waals surface area (Å²) in [5, 5.41) is 0. The van der Waals surface area contributed by atoms with Gasteiger partial charge in [0.1, 0.15) is 0 Å². The van der Waals surface area contributed by atoms with Crippen LogP contribution < -0.4 is 0 Å². The molecule has 174 valence electrons. The first kappa shape index (κ1) is 22.9. The van der Waals surface area contributed by atoms with Crippen LogP contribution in [0.2, 0.25) is 0 Å². The average Bonchev–Trinajstić information content (AvgIpc) is 3.38. The average molecular weight is 421 g/mol. The first-order valence-electron chi connectivity index (χ1n) is 12.9. The highest BCUT2D eigenvalue weighted by molar-refractivity contribution is 4.87. The summed E-state index contributed by atoms with van der Waals surface area (Å²) in [5.74, 6) is 0. The van der Waals surface area contributed by atoms with Gasteiger partial charge in [0, 0.05) is 77.0 Å². The van der Waals surface area contributed by atoms with E-state index in [0.717, 1.165) is 18.1 Å². The lowest BCUT2D eigenvalue weighted by Gasteiger charge is -2.42. The van der Waals surface area contributed by atoms with Crippen molar-refractivity contribution in [3.05, 3.63) is 0 Å². The Labute approximate surface area is 186 Å². The van der Waals surface area contributed by atoms with Gasteiger partial charge in [-0.05, 0) is 72.9 Å². The molecule has 6 aliphatic heterocycles. The van der Waals surface area contributed by atoms with Crippen molar-refractivity contribution in [2.24, 2.45) is 0 Å². The van der Waals surface area contributed by atoms with Crippen LogP contribution in [0.4, 0.5) is 0 Å². The Bertz CT molecular complexity index is 516. The molecular formula is C24H48N6. The number of rotatable bonds is 0. The maximum atomic E-state index is 2.67. The summed E-state index contributed by atoms with van der Waals surface area (Å²) < 4.78 is 0. The monoisotopic (exact) mass is 420 g/mol. The number of piperidine rings is 1. The van der Waals surface area contributed by atoms with Crippen molar-refractivity contribution in [1.29, 1.82) is 0 Å². The number of piperazine rings is 3. The number of hydrogen-bond acceptors (Lipinski definition) is 6. The number of hydrogen-bond donors (Lipinski definition) is 0. The second kappa shape index (κ2) is 11.1. The third-order valence-electron chi connectivity index (χ3n) is 8.47. The van der Waals surface area contributed by atoms with Gasteiger partial charge in [-0.25, -0.2) is 0 Å². The SMILES string of the molecule is CN1CCN2CCC1C2.CN1CCN2CCCC2C1.CN1CCN2CCCCC2C1. The summed E-state index contributed by atoms with van der Waals surface area (Å²) in [6, 6.07) is 2.68. The molecular weight excluding hydrogens is 372 g/mol. The molecule has 0 N–H and O–H groups in total. The second-order valence-corrected chi connectivity index (χ2v) is 10.8. The fourth-order valence-electron chi connectivity index (χ4n) is 6.31. The van der Waals surface area contributed by atoms with E-state index >= 15 is 0 Å². The van der Waals surface area contributed by atoms with E-state index in [1.165, 1.54) is 117 Å². The van der Waals surface area contributed by atoms with Crippen LogP contribution in [0.3, 0.4) is 0 Å². The van der Waals surface area contributed by atoms with Gasteiger partial charge in [-0.15, -0.1) is 0 Å². The summed E-state index contributed by atoms with van der Waals surface area (Å²) in [7, 11) is 6.72. The van der Waals surface area contributed by atoms with Gasteiger partial charge >= 0.3 is 0 Å². The van der Waals surface area contributed by atoms with E-state index < -0.39 is 0 Å². The van der Waals surface area contributed by atoms with Gasteiger partial charge in [-0.1, -0.05) is 6.42 Å². The quantitative estimate of drug-likeness (QED) is 0.582. The molecule has 0 amide bonds. The molecule has 6 nitrogen and oxygen atoms in total. The lowest BCUT2D eigenvalue weighted by Crippen LogP contribution is -2.53. The van der Waals surface area contributed by atoms with Crippen molar-refractivity contribution in [2.75, 3.05) is 99.7 Å². The Morgan fingerprint density at radius 3 is 1.77 bits per heavy atom. The first-order chi connectivity index (χ1) is 14.6. The largest absolute Gasteiger partial charge is 0.304 e. The maximum absolute atomic E-state index is 2.67. The predicted molar refractivity (Wildman–Crippen MR) is 126 cm³/mol. The molecule has 6 heteroatoms. The van der Waals surface area contributed by atoms with Gasteiger partial charge in [0.05, 0.1) is 0 Å². The van der Waals surface area contributed by atoms with Crippen molar-refractivity contribution >= 4 is 0 Å². The normalized spacial score (nSPS) is 38.1. The molecule has 6 fully saturated rings. The lowest BCUT2D eigenvalue weighted by molar-refractivity contribution is 0.0623. The number of fused-ring (bicyclic) bond motifs is 4. The molecule has 6 saturated heterocycles. The summed E-state index contributed by atoms with van der Waals surface area (Å²) in [5.41, 5.74) is 0. The van der Waals surface area contributed by atoms with Crippen LogP contribution in [-0.4, -0.2) is 147 Å². The van der Waals surface area contributed by atoms with Crippen molar-refractivity contribution in [1.82, 2.24) is 29.4 Å². The summed E-state index contributed by atoms with van der Waals surface area (Å²) in [4.78, 5) is 15.3. The summed E-state index contributed by atoms with van der Waals surface area (Å²) in [6.45, 7) is 15.7. The highest BCUT2D eigenvalue weighted by Gasteiger charge is 2.30. The van der Waals surface area contributed by atoms with E-state index in [1.807, 2.05) is 0 Å². The Balaban J connectivity index is 0.000000109. The highest BCUT2D eigenvalue weighted by Crippen LogP contribution is 2.21. The third-order valence-corrected chi connectivity index (χ3v) is 8.47. The minimum Gasteiger partial charge on any atom is -0.304 e. The van der Waals surface area contributed by atoms with Crippen LogP contribution in [0.1, 0.15) is 38.5 Å². The predicted octanol–water partition coefficient (Wildman–Crippen LogP) is 1.19. The van der Waals surface area contributed by atoms with E-state index in [-0.39, 0.29) is 0 Å². The minimum absolute atomic E-state index is 0.888. The topological polar surface area (TPSA) is 19.4 Å². The molecule has 6 rings (SSSR count). The molecule has 0 spiro atoms. The fraction of sp³-hybridized carbons (Fsp3) is 1.00. The van der Waals surface area contributed by atoms with E-state index in [9.17, 15) is 0 Å². The van der Waals surface area contributed by atoms with E-state index in [2.05, 4.69) is 50.5 Å². The van der Waals surface area contributed by atoms with Crippen molar-refractivity contribution in [3.8, 4) is 0 Å². The molecule has 6 heterocycles. The van der Waals surface area contributed by atoms with Crippen molar-refractivity contribution in [2.45, 2.75) is 56.7 Å². The van der Waals surface area contributed by atoms with Gasteiger partial charge in [0.25, 0.3) is 0 Å². The van der Waals surface area contributed by atoms with Gasteiger partial charge in [0.15, 0.2) is 0 Å². The molecule has 4 unspecified atom stereocenters. The molecule has 0 aliphatic carbocycles. The summed E-state index contributed by atoms with van der Waals surface area (Å²) in [6.07, 6.45) is 8.58. The van der Waals surface area contributed by atoms with Gasteiger partial charge < -0.3 is 19.6 Å². The zero-order chi connectivity index (χ0) is 20.9. The molecule has 0 aromatic heterocycles. The Kier molecular flexibility index (Phi) is 8.46. The standard InChI is InChI=1S/C9H18N2.C8H16N2.C7H14N2/c1-10-6-7-11-5-3-2-4-9(11)8-10;1-9-5-6-10-4-2-3-8(10)7-9;1-8-4-5-9-3-2-7(8)6-9/h9H,2-8H2,1H3;8H,2-7H2,1H3;7H,2-6H2,1H3. The molecule has 6 aliphatic rings. The van der Waals surface area contributed by atoms with Gasteiger partial charge in [0.2, 0.25) is 0 Å². The molecule has 0 aromatic rings. The minimum atomic E-state index is 0.888. The molecule has 0 saturated carbocycles. The van der Waals surface area contributed by atoms with Crippen LogP contribution in [0.25, 0.3) is 0 Å². The first-order valence-corrected chi connectivity index (χ1v) is 12.9. The van der Waals surface area contributed by atoms with Crippen molar-refractivity contribution < 1.29 is 0 Å².